The first-order valence-electron chi connectivity index (χ1n) is 6.49. The van der Waals surface area contributed by atoms with Gasteiger partial charge in [-0.3, -0.25) is 0 Å². The molecule has 0 aromatic heterocycles. The Morgan fingerprint density at radius 2 is 2.06 bits per heavy atom. The Morgan fingerprint density at radius 1 is 1.18 bits per heavy atom. The normalized spacial score (nSPS) is 24.6. The molecule has 0 bridgehead atoms. The van der Waals surface area contributed by atoms with E-state index < -0.39 is 0 Å². The Kier molecular flexibility index (Phi) is 3.53. The molecule has 0 aliphatic carbocycles. The first-order chi connectivity index (χ1) is 8.43. The summed E-state index contributed by atoms with van der Waals surface area (Å²) < 4.78 is 0. The van der Waals surface area contributed by atoms with Crippen LogP contribution in [0.3, 0.4) is 0 Å². The van der Waals surface area contributed by atoms with E-state index >= 15 is 0 Å². The van der Waals surface area contributed by atoms with E-state index in [0.717, 1.165) is 6.42 Å². The summed E-state index contributed by atoms with van der Waals surface area (Å²) in [6.45, 7) is 1.17. The smallest absolute Gasteiger partial charge is 0.0330 e. The Hall–Kier alpha value is -0.730. The molecule has 2 aliphatic rings. The summed E-state index contributed by atoms with van der Waals surface area (Å²) in [5.41, 5.74) is 4.91. The highest BCUT2D eigenvalue weighted by atomic mass is 32.2. The molecule has 0 amide bonds. The molecular weight excluding hydrogens is 226 g/mol. The van der Waals surface area contributed by atoms with Crippen molar-refractivity contribution >= 4 is 11.8 Å². The molecule has 0 saturated heterocycles. The third kappa shape index (κ3) is 2.58. The molecule has 0 spiro atoms. The Balaban J connectivity index is 1.78. The van der Waals surface area contributed by atoms with Crippen molar-refractivity contribution in [3.8, 4) is 0 Å². The number of thioether (sulfide) groups is 1. The number of hydrogen-bond acceptors (Lipinski definition) is 2. The van der Waals surface area contributed by atoms with Gasteiger partial charge in [-0.2, -0.15) is 11.8 Å². The molecular formula is C15H19NS. The van der Waals surface area contributed by atoms with Crippen LogP contribution in [-0.4, -0.2) is 24.1 Å². The zero-order valence-electron chi connectivity index (χ0n) is 10.1. The van der Waals surface area contributed by atoms with Crippen LogP contribution in [0.4, 0.5) is 0 Å². The van der Waals surface area contributed by atoms with E-state index in [1.165, 1.54) is 36.5 Å². The summed E-state index contributed by atoms with van der Waals surface area (Å²) in [5.74, 6) is 2.58. The zero-order chi connectivity index (χ0) is 11.5. The van der Waals surface area contributed by atoms with Crippen molar-refractivity contribution in [3.63, 3.8) is 0 Å². The zero-order valence-corrected chi connectivity index (χ0v) is 10.9. The van der Waals surface area contributed by atoms with Crippen molar-refractivity contribution in [2.24, 2.45) is 0 Å². The highest BCUT2D eigenvalue weighted by Gasteiger charge is 2.24. The Labute approximate surface area is 108 Å². The maximum Gasteiger partial charge on any atom is 0.0330 e. The van der Waals surface area contributed by atoms with Gasteiger partial charge >= 0.3 is 0 Å². The highest BCUT2D eigenvalue weighted by molar-refractivity contribution is 7.99. The van der Waals surface area contributed by atoms with Crippen LogP contribution < -0.4 is 5.32 Å². The third-order valence-corrected chi connectivity index (χ3v) is 4.79. The van der Waals surface area contributed by atoms with E-state index in [4.69, 9.17) is 0 Å². The summed E-state index contributed by atoms with van der Waals surface area (Å²) in [7, 11) is 0. The van der Waals surface area contributed by atoms with Crippen molar-refractivity contribution in [3.05, 3.63) is 47.0 Å². The standard InChI is InChI=1S/C15H19NS/c1-2-4-12(5-3-1)10-15-14-11-17-9-7-13(14)6-8-16-15/h1-5,15-16H,6-11H2. The van der Waals surface area contributed by atoms with Gasteiger partial charge in [0.25, 0.3) is 0 Å². The number of rotatable bonds is 2. The van der Waals surface area contributed by atoms with Gasteiger partial charge in [0.15, 0.2) is 0 Å². The molecule has 2 aliphatic heterocycles. The Morgan fingerprint density at radius 3 is 2.94 bits per heavy atom. The lowest BCUT2D eigenvalue weighted by atomic mass is 9.90. The van der Waals surface area contributed by atoms with Gasteiger partial charge < -0.3 is 5.32 Å². The van der Waals surface area contributed by atoms with Crippen LogP contribution in [0, 0.1) is 0 Å². The van der Waals surface area contributed by atoms with E-state index in [1.807, 2.05) is 0 Å². The fourth-order valence-corrected chi connectivity index (χ4v) is 4.00. The minimum absolute atomic E-state index is 0.592. The largest absolute Gasteiger partial charge is 0.310 e. The van der Waals surface area contributed by atoms with Crippen LogP contribution in [-0.2, 0) is 6.42 Å². The van der Waals surface area contributed by atoms with Gasteiger partial charge in [0.2, 0.25) is 0 Å². The van der Waals surface area contributed by atoms with Crippen LogP contribution in [0.25, 0.3) is 0 Å². The maximum absolute atomic E-state index is 3.70. The van der Waals surface area contributed by atoms with Crippen LogP contribution in [0.1, 0.15) is 18.4 Å². The maximum atomic E-state index is 3.70. The van der Waals surface area contributed by atoms with Crippen molar-refractivity contribution < 1.29 is 0 Å². The van der Waals surface area contributed by atoms with Gasteiger partial charge in [-0.1, -0.05) is 35.9 Å². The predicted octanol–water partition coefficient (Wildman–Crippen LogP) is 3.02. The lowest BCUT2D eigenvalue weighted by Crippen LogP contribution is -2.40. The minimum Gasteiger partial charge on any atom is -0.310 e. The fraction of sp³-hybridized carbons (Fsp3) is 0.467. The molecule has 0 saturated carbocycles. The molecule has 3 rings (SSSR count). The van der Waals surface area contributed by atoms with Crippen molar-refractivity contribution in [1.82, 2.24) is 5.32 Å². The molecule has 17 heavy (non-hydrogen) atoms. The van der Waals surface area contributed by atoms with E-state index in [9.17, 15) is 0 Å². The lowest BCUT2D eigenvalue weighted by Gasteiger charge is -2.32. The van der Waals surface area contributed by atoms with Gasteiger partial charge in [-0.25, -0.2) is 0 Å². The minimum atomic E-state index is 0.592. The number of benzene rings is 1. The van der Waals surface area contributed by atoms with Crippen molar-refractivity contribution in [2.45, 2.75) is 25.3 Å². The fourth-order valence-electron chi connectivity index (χ4n) is 2.84. The molecule has 1 unspecified atom stereocenters. The van der Waals surface area contributed by atoms with Crippen LogP contribution in [0.5, 0.6) is 0 Å². The van der Waals surface area contributed by atoms with Gasteiger partial charge in [0, 0.05) is 11.8 Å². The SMILES string of the molecule is c1ccc(CC2NCCC3=C2CSCC3)cc1. The quantitative estimate of drug-likeness (QED) is 0.804. The topological polar surface area (TPSA) is 12.0 Å². The van der Waals surface area contributed by atoms with E-state index in [2.05, 4.69) is 47.4 Å². The number of hydrogen-bond donors (Lipinski definition) is 1. The van der Waals surface area contributed by atoms with E-state index in [1.54, 1.807) is 11.1 Å². The van der Waals surface area contributed by atoms with Crippen LogP contribution >= 0.6 is 11.8 Å². The number of nitrogens with one attached hydrogen (secondary N) is 1. The first kappa shape index (κ1) is 11.4. The molecule has 0 radical (unpaired) electrons. The van der Waals surface area contributed by atoms with Gasteiger partial charge in [0.1, 0.15) is 0 Å². The van der Waals surface area contributed by atoms with Gasteiger partial charge in [-0.15, -0.1) is 0 Å². The molecule has 1 aromatic rings. The monoisotopic (exact) mass is 245 g/mol. The van der Waals surface area contributed by atoms with Gasteiger partial charge in [0.05, 0.1) is 0 Å². The molecule has 1 N–H and O–H groups in total. The van der Waals surface area contributed by atoms with Crippen molar-refractivity contribution in [2.75, 3.05) is 18.1 Å². The molecule has 1 aromatic carbocycles. The van der Waals surface area contributed by atoms with E-state index in [-0.39, 0.29) is 0 Å². The highest BCUT2D eigenvalue weighted by Crippen LogP contribution is 2.31. The third-order valence-electron chi connectivity index (χ3n) is 3.78. The molecule has 0 fully saturated rings. The molecule has 90 valence electrons. The first-order valence-corrected chi connectivity index (χ1v) is 7.65. The molecule has 2 heterocycles. The van der Waals surface area contributed by atoms with Crippen molar-refractivity contribution in [1.29, 1.82) is 0 Å². The van der Waals surface area contributed by atoms with Crippen LogP contribution in [0.2, 0.25) is 0 Å². The van der Waals surface area contributed by atoms with E-state index in [0.29, 0.717) is 6.04 Å². The predicted molar refractivity (Wildman–Crippen MR) is 75.5 cm³/mol. The molecule has 1 atom stereocenters. The molecule has 2 heteroatoms. The lowest BCUT2D eigenvalue weighted by molar-refractivity contribution is 0.525. The average Bonchev–Trinajstić information content (AvgIpc) is 2.40. The molecule has 1 nitrogen and oxygen atoms in total. The second-order valence-electron chi connectivity index (χ2n) is 4.88. The second-order valence-corrected chi connectivity index (χ2v) is 5.98. The average molecular weight is 245 g/mol. The summed E-state index contributed by atoms with van der Waals surface area (Å²) in [6, 6.07) is 11.5. The van der Waals surface area contributed by atoms with Crippen LogP contribution in [0.15, 0.2) is 41.5 Å². The Bertz CT molecular complexity index is 406. The summed E-state index contributed by atoms with van der Waals surface area (Å²) in [6.07, 6.45) is 3.76. The summed E-state index contributed by atoms with van der Waals surface area (Å²) >= 11 is 2.10. The summed E-state index contributed by atoms with van der Waals surface area (Å²) in [5, 5.41) is 3.70. The summed E-state index contributed by atoms with van der Waals surface area (Å²) in [4.78, 5) is 0. The van der Waals surface area contributed by atoms with Gasteiger partial charge in [-0.05, 0) is 42.7 Å². The second kappa shape index (κ2) is 5.28.